The van der Waals surface area contributed by atoms with Crippen molar-refractivity contribution in [3.8, 4) is 5.75 Å². The second kappa shape index (κ2) is 8.08. The van der Waals surface area contributed by atoms with E-state index in [1.807, 2.05) is 30.0 Å². The third kappa shape index (κ3) is 4.29. The van der Waals surface area contributed by atoms with Crippen LogP contribution in [0.15, 0.2) is 47.4 Å². The number of carbonyl (C=O) groups is 1. The average molecular weight is 390 g/mol. The highest BCUT2D eigenvalue weighted by molar-refractivity contribution is 7.89. The zero-order valence-electron chi connectivity index (χ0n) is 15.3. The van der Waals surface area contributed by atoms with E-state index in [1.165, 1.54) is 36.9 Å². The molecule has 144 valence electrons. The SMILES string of the molecule is CCOc1ccc2c(c1)CN(C(=O)c1ccc(S(=O)(=O)NOC)cc1)CC2. The van der Waals surface area contributed by atoms with E-state index in [0.29, 0.717) is 25.3 Å². The molecular weight excluding hydrogens is 368 g/mol. The number of carbonyl (C=O) groups excluding carboxylic acids is 1. The van der Waals surface area contributed by atoms with E-state index in [-0.39, 0.29) is 10.8 Å². The first-order valence-electron chi connectivity index (χ1n) is 8.63. The Morgan fingerprint density at radius 1 is 1.15 bits per heavy atom. The molecule has 7 nitrogen and oxygen atoms in total. The number of fused-ring (bicyclic) bond motifs is 1. The number of rotatable bonds is 6. The Labute approximate surface area is 158 Å². The third-order valence-corrected chi connectivity index (χ3v) is 5.67. The fourth-order valence-electron chi connectivity index (χ4n) is 3.08. The van der Waals surface area contributed by atoms with Crippen LogP contribution in [0.1, 0.15) is 28.4 Å². The van der Waals surface area contributed by atoms with E-state index in [1.54, 1.807) is 4.90 Å². The summed E-state index contributed by atoms with van der Waals surface area (Å²) in [6.07, 6.45) is 0.775. The van der Waals surface area contributed by atoms with Crippen molar-refractivity contribution < 1.29 is 22.8 Å². The first-order valence-corrected chi connectivity index (χ1v) is 10.1. The second-order valence-corrected chi connectivity index (χ2v) is 7.80. The Morgan fingerprint density at radius 3 is 2.56 bits per heavy atom. The van der Waals surface area contributed by atoms with Crippen molar-refractivity contribution in [1.29, 1.82) is 0 Å². The van der Waals surface area contributed by atoms with Gasteiger partial charge in [-0.05, 0) is 60.9 Å². The summed E-state index contributed by atoms with van der Waals surface area (Å²) in [5.74, 6) is 0.664. The first-order chi connectivity index (χ1) is 12.9. The van der Waals surface area contributed by atoms with Gasteiger partial charge in [0.15, 0.2) is 0 Å². The van der Waals surface area contributed by atoms with Gasteiger partial charge in [-0.3, -0.25) is 9.63 Å². The molecule has 0 saturated heterocycles. The highest BCUT2D eigenvalue weighted by atomic mass is 32.2. The van der Waals surface area contributed by atoms with Crippen molar-refractivity contribution in [1.82, 2.24) is 9.79 Å². The normalized spacial score (nSPS) is 13.9. The summed E-state index contributed by atoms with van der Waals surface area (Å²) in [4.78, 5) is 21.0. The summed E-state index contributed by atoms with van der Waals surface area (Å²) in [6, 6.07) is 11.8. The number of hydrogen-bond donors (Lipinski definition) is 1. The zero-order valence-corrected chi connectivity index (χ0v) is 16.1. The van der Waals surface area contributed by atoms with Gasteiger partial charge in [0.25, 0.3) is 15.9 Å². The van der Waals surface area contributed by atoms with Gasteiger partial charge in [0.05, 0.1) is 18.6 Å². The highest BCUT2D eigenvalue weighted by Crippen LogP contribution is 2.25. The minimum atomic E-state index is -3.74. The number of ether oxygens (including phenoxy) is 1. The number of amides is 1. The minimum Gasteiger partial charge on any atom is -0.494 e. The molecule has 2 aromatic rings. The van der Waals surface area contributed by atoms with E-state index in [0.717, 1.165) is 17.7 Å². The molecule has 0 aliphatic carbocycles. The van der Waals surface area contributed by atoms with Gasteiger partial charge in [-0.25, -0.2) is 8.42 Å². The van der Waals surface area contributed by atoms with Gasteiger partial charge in [0.1, 0.15) is 5.75 Å². The molecule has 0 aromatic heterocycles. The zero-order chi connectivity index (χ0) is 19.4. The standard InChI is InChI=1S/C19H22N2O5S/c1-3-26-17-7-4-14-10-11-21(13-16(14)12-17)19(22)15-5-8-18(9-6-15)27(23,24)20-25-2/h4-9,12,20H,3,10-11,13H2,1-2H3. The van der Waals surface area contributed by atoms with Gasteiger partial charge in [-0.2, -0.15) is 0 Å². The molecule has 8 heteroatoms. The predicted molar refractivity (Wildman–Crippen MR) is 99.8 cm³/mol. The minimum absolute atomic E-state index is 0.0336. The molecule has 0 radical (unpaired) electrons. The molecule has 1 aliphatic heterocycles. The fourth-order valence-corrected chi connectivity index (χ4v) is 3.89. The van der Waals surface area contributed by atoms with Gasteiger partial charge >= 0.3 is 0 Å². The topological polar surface area (TPSA) is 84.9 Å². The maximum absolute atomic E-state index is 12.8. The lowest BCUT2D eigenvalue weighted by Crippen LogP contribution is -2.36. The van der Waals surface area contributed by atoms with Crippen molar-refractivity contribution in [2.24, 2.45) is 0 Å². The maximum Gasteiger partial charge on any atom is 0.262 e. The number of nitrogens with zero attached hydrogens (tertiary/aromatic N) is 1. The lowest BCUT2D eigenvalue weighted by atomic mass is 9.99. The van der Waals surface area contributed by atoms with Crippen LogP contribution >= 0.6 is 0 Å². The van der Waals surface area contributed by atoms with Crippen LogP contribution in [0.2, 0.25) is 0 Å². The molecule has 0 fully saturated rings. The average Bonchev–Trinajstić information content (AvgIpc) is 2.67. The van der Waals surface area contributed by atoms with Crippen LogP contribution in [0.5, 0.6) is 5.75 Å². The Hall–Kier alpha value is -2.42. The van der Waals surface area contributed by atoms with Crippen LogP contribution in [0.3, 0.4) is 0 Å². The molecule has 1 heterocycles. The van der Waals surface area contributed by atoms with Gasteiger partial charge in [0, 0.05) is 18.7 Å². The molecule has 0 atom stereocenters. The molecule has 27 heavy (non-hydrogen) atoms. The molecule has 0 unspecified atom stereocenters. The van der Waals surface area contributed by atoms with Crippen molar-refractivity contribution in [3.63, 3.8) is 0 Å². The van der Waals surface area contributed by atoms with Crippen molar-refractivity contribution >= 4 is 15.9 Å². The largest absolute Gasteiger partial charge is 0.494 e. The van der Waals surface area contributed by atoms with Crippen molar-refractivity contribution in [2.45, 2.75) is 24.8 Å². The van der Waals surface area contributed by atoms with Gasteiger partial charge in [0.2, 0.25) is 0 Å². The van der Waals surface area contributed by atoms with E-state index >= 15 is 0 Å². The van der Waals surface area contributed by atoms with E-state index in [2.05, 4.69) is 4.84 Å². The fraction of sp³-hybridized carbons (Fsp3) is 0.316. The van der Waals surface area contributed by atoms with Crippen molar-refractivity contribution in [3.05, 3.63) is 59.2 Å². The number of sulfonamides is 1. The van der Waals surface area contributed by atoms with Crippen LogP contribution in [0.4, 0.5) is 0 Å². The number of benzene rings is 2. The Balaban J connectivity index is 1.76. The van der Waals surface area contributed by atoms with Crippen LogP contribution in [0.25, 0.3) is 0 Å². The monoisotopic (exact) mass is 390 g/mol. The molecule has 3 rings (SSSR count). The molecule has 1 aliphatic rings. The molecule has 0 bridgehead atoms. The predicted octanol–water partition coefficient (Wildman–Crippen LogP) is 2.12. The molecule has 1 amide bonds. The summed E-state index contributed by atoms with van der Waals surface area (Å²) in [6.45, 7) is 3.64. The summed E-state index contributed by atoms with van der Waals surface area (Å²) in [7, 11) is -2.52. The van der Waals surface area contributed by atoms with Crippen LogP contribution in [-0.2, 0) is 27.8 Å². The molecule has 0 spiro atoms. The van der Waals surface area contributed by atoms with Crippen LogP contribution in [0, 0.1) is 0 Å². The van der Waals surface area contributed by atoms with E-state index in [4.69, 9.17) is 4.74 Å². The smallest absolute Gasteiger partial charge is 0.262 e. The second-order valence-electron chi connectivity index (χ2n) is 6.16. The Kier molecular flexibility index (Phi) is 5.79. The third-order valence-electron chi connectivity index (χ3n) is 4.39. The van der Waals surface area contributed by atoms with Gasteiger partial charge in [-0.1, -0.05) is 11.0 Å². The van der Waals surface area contributed by atoms with E-state index in [9.17, 15) is 13.2 Å². The van der Waals surface area contributed by atoms with Gasteiger partial charge < -0.3 is 9.64 Å². The quantitative estimate of drug-likeness (QED) is 0.764. The molecule has 0 saturated carbocycles. The summed E-state index contributed by atoms with van der Waals surface area (Å²) >= 11 is 0. The first kappa shape index (κ1) is 19.3. The highest BCUT2D eigenvalue weighted by Gasteiger charge is 2.23. The molecule has 1 N–H and O–H groups in total. The molecular formula is C19H22N2O5S. The van der Waals surface area contributed by atoms with Crippen molar-refractivity contribution in [2.75, 3.05) is 20.3 Å². The number of nitrogens with one attached hydrogen (secondary N) is 1. The lowest BCUT2D eigenvalue weighted by molar-refractivity contribution is 0.0734. The maximum atomic E-state index is 12.8. The summed E-state index contributed by atoms with van der Waals surface area (Å²) < 4.78 is 29.3. The van der Waals surface area contributed by atoms with Crippen LogP contribution < -0.4 is 9.62 Å². The Bertz CT molecular complexity index is 926. The lowest BCUT2D eigenvalue weighted by Gasteiger charge is -2.29. The number of hydrogen-bond acceptors (Lipinski definition) is 5. The van der Waals surface area contributed by atoms with Crippen LogP contribution in [-0.4, -0.2) is 39.5 Å². The summed E-state index contributed by atoms with van der Waals surface area (Å²) in [5, 5.41) is 0. The Morgan fingerprint density at radius 2 is 1.89 bits per heavy atom. The van der Waals surface area contributed by atoms with E-state index < -0.39 is 10.0 Å². The van der Waals surface area contributed by atoms with Gasteiger partial charge in [-0.15, -0.1) is 0 Å². The summed E-state index contributed by atoms with van der Waals surface area (Å²) in [5.41, 5.74) is 2.73. The molecule has 2 aromatic carbocycles.